The van der Waals surface area contributed by atoms with Crippen LogP contribution in [0.15, 0.2) is 41.7 Å². The van der Waals surface area contributed by atoms with E-state index in [-0.39, 0.29) is 10.9 Å². The van der Waals surface area contributed by atoms with Crippen molar-refractivity contribution in [3.8, 4) is 0 Å². The summed E-state index contributed by atoms with van der Waals surface area (Å²) in [6.07, 6.45) is 5.00. The van der Waals surface area contributed by atoms with Crippen molar-refractivity contribution in [2.75, 3.05) is 32.9 Å². The lowest BCUT2D eigenvalue weighted by atomic mass is 10.1. The molecule has 1 aromatic heterocycles. The molecule has 6 nitrogen and oxygen atoms in total. The molecular formula is C21H32N4O2S. The summed E-state index contributed by atoms with van der Waals surface area (Å²) in [5.41, 5.74) is 2.16. The first-order valence-corrected chi connectivity index (χ1v) is 11.8. The molecule has 28 heavy (non-hydrogen) atoms. The van der Waals surface area contributed by atoms with E-state index in [1.54, 1.807) is 13.1 Å². The molecule has 1 saturated heterocycles. The predicted octanol–water partition coefficient (Wildman–Crippen LogP) is 2.45. The van der Waals surface area contributed by atoms with Gasteiger partial charge in [0, 0.05) is 25.7 Å². The van der Waals surface area contributed by atoms with Crippen LogP contribution in [-0.4, -0.2) is 66.7 Å². The fraction of sp³-hybridized carbons (Fsp3) is 0.571. The quantitative estimate of drug-likeness (QED) is 0.643. The maximum absolute atomic E-state index is 12.6. The van der Waals surface area contributed by atoms with Crippen molar-refractivity contribution in [1.29, 1.82) is 0 Å². The second-order valence-corrected chi connectivity index (χ2v) is 9.97. The zero-order chi connectivity index (χ0) is 20.1. The number of hydrogen-bond donors (Lipinski definition) is 0. The summed E-state index contributed by atoms with van der Waals surface area (Å²) < 4.78 is 27.0. The third-order valence-corrected chi connectivity index (χ3v) is 7.29. The molecular weight excluding hydrogens is 372 g/mol. The number of benzene rings is 1. The van der Waals surface area contributed by atoms with Crippen LogP contribution in [0.2, 0.25) is 0 Å². The Morgan fingerprint density at radius 1 is 1.25 bits per heavy atom. The highest BCUT2D eigenvalue weighted by Gasteiger charge is 2.25. The minimum absolute atomic E-state index is 0.0670. The highest BCUT2D eigenvalue weighted by Crippen LogP contribution is 2.19. The molecule has 1 atom stereocenters. The third kappa shape index (κ3) is 5.01. The van der Waals surface area contributed by atoms with Gasteiger partial charge in [-0.1, -0.05) is 37.3 Å². The van der Waals surface area contributed by atoms with Gasteiger partial charge < -0.3 is 9.47 Å². The average Bonchev–Trinajstić information content (AvgIpc) is 3.27. The molecule has 2 heterocycles. The van der Waals surface area contributed by atoms with E-state index in [9.17, 15) is 8.42 Å². The lowest BCUT2D eigenvalue weighted by Crippen LogP contribution is -2.36. The van der Waals surface area contributed by atoms with Gasteiger partial charge in [-0.05, 0) is 45.5 Å². The largest absolute Gasteiger partial charge is 0.317 e. The fourth-order valence-electron chi connectivity index (χ4n) is 3.93. The van der Waals surface area contributed by atoms with E-state index in [0.29, 0.717) is 19.1 Å². The molecule has 154 valence electrons. The van der Waals surface area contributed by atoms with Crippen molar-refractivity contribution in [1.82, 2.24) is 19.4 Å². The summed E-state index contributed by atoms with van der Waals surface area (Å²) in [6, 6.07) is 10.7. The number of hydrogen-bond acceptors (Lipinski definition) is 5. The summed E-state index contributed by atoms with van der Waals surface area (Å²) in [4.78, 5) is 9.00. The van der Waals surface area contributed by atoms with E-state index < -0.39 is 9.84 Å². The number of imidazole rings is 1. The van der Waals surface area contributed by atoms with Crippen molar-refractivity contribution < 1.29 is 8.42 Å². The first-order valence-electron chi connectivity index (χ1n) is 10.1. The number of likely N-dealkylation sites (tertiary alicyclic amines) is 1. The highest BCUT2D eigenvalue weighted by atomic mass is 32.2. The molecule has 0 radical (unpaired) electrons. The first kappa shape index (κ1) is 21.0. The van der Waals surface area contributed by atoms with E-state index in [4.69, 9.17) is 0 Å². The second kappa shape index (κ2) is 9.20. The summed E-state index contributed by atoms with van der Waals surface area (Å²) >= 11 is 0. The minimum Gasteiger partial charge on any atom is -0.317 e. The van der Waals surface area contributed by atoms with Crippen molar-refractivity contribution in [3.63, 3.8) is 0 Å². The van der Waals surface area contributed by atoms with Gasteiger partial charge in [0.1, 0.15) is 0 Å². The molecule has 0 spiro atoms. The van der Waals surface area contributed by atoms with Gasteiger partial charge in [-0.2, -0.15) is 0 Å². The number of aromatic nitrogens is 2. The normalized spacial score (nSPS) is 18.2. The van der Waals surface area contributed by atoms with Crippen LogP contribution in [0, 0.1) is 0 Å². The molecule has 1 aliphatic heterocycles. The van der Waals surface area contributed by atoms with Crippen LogP contribution >= 0.6 is 0 Å². The smallest absolute Gasteiger partial charge is 0.227 e. The van der Waals surface area contributed by atoms with Crippen molar-refractivity contribution >= 4 is 9.84 Å². The maximum atomic E-state index is 12.6. The van der Waals surface area contributed by atoms with E-state index >= 15 is 0 Å². The zero-order valence-corrected chi connectivity index (χ0v) is 18.0. The monoisotopic (exact) mass is 404 g/mol. The van der Waals surface area contributed by atoms with Crippen LogP contribution in [0.5, 0.6) is 0 Å². The molecule has 0 saturated carbocycles. The van der Waals surface area contributed by atoms with E-state index in [1.165, 1.54) is 18.4 Å². The minimum atomic E-state index is -3.35. The molecule has 2 aromatic rings. The van der Waals surface area contributed by atoms with Crippen molar-refractivity contribution in [2.24, 2.45) is 0 Å². The Kier molecular flexibility index (Phi) is 6.91. The summed E-state index contributed by atoms with van der Waals surface area (Å²) in [5, 5.41) is 0.201. The van der Waals surface area contributed by atoms with Crippen LogP contribution in [0.1, 0.15) is 31.0 Å². The van der Waals surface area contributed by atoms with Crippen LogP contribution in [0.4, 0.5) is 0 Å². The van der Waals surface area contributed by atoms with Gasteiger partial charge in [-0.3, -0.25) is 4.90 Å². The number of nitrogens with zero attached hydrogens (tertiary/aromatic N) is 4. The Bertz CT molecular complexity index is 864. The molecule has 0 unspecified atom stereocenters. The molecule has 0 amide bonds. The Hall–Kier alpha value is -1.70. The van der Waals surface area contributed by atoms with E-state index in [2.05, 4.69) is 41.0 Å². The highest BCUT2D eigenvalue weighted by molar-refractivity contribution is 7.91. The second-order valence-electron chi connectivity index (χ2n) is 7.80. The Morgan fingerprint density at radius 3 is 2.64 bits per heavy atom. The van der Waals surface area contributed by atoms with Gasteiger partial charge in [0.25, 0.3) is 0 Å². The molecule has 1 fully saturated rings. The van der Waals surface area contributed by atoms with Crippen LogP contribution in [0.25, 0.3) is 0 Å². The summed E-state index contributed by atoms with van der Waals surface area (Å²) in [5.74, 6) is 0.0670. The summed E-state index contributed by atoms with van der Waals surface area (Å²) in [6.45, 7) is 5.13. The van der Waals surface area contributed by atoms with Crippen LogP contribution < -0.4 is 0 Å². The molecule has 0 bridgehead atoms. The summed E-state index contributed by atoms with van der Waals surface area (Å²) in [7, 11) is 0.934. The molecule has 7 heteroatoms. The zero-order valence-electron chi connectivity index (χ0n) is 17.2. The topological polar surface area (TPSA) is 58.4 Å². The Balaban J connectivity index is 1.77. The standard InChI is InChI=1S/C21H32N4O2S/c1-4-28(26,27)21-22-15-20(17-23(2)16-19-11-8-13-24(19)3)25(21)14-12-18-9-6-5-7-10-18/h5-7,9-10,15,19H,4,8,11-14,16-17H2,1-3H3/t19-/m0/s1. The molecule has 3 rings (SSSR count). The maximum Gasteiger partial charge on any atom is 0.227 e. The average molecular weight is 405 g/mol. The SMILES string of the molecule is CCS(=O)(=O)c1ncc(CN(C)C[C@@H]2CCCN2C)n1CCc1ccccc1. The lowest BCUT2D eigenvalue weighted by Gasteiger charge is -2.26. The van der Waals surface area contributed by atoms with E-state index in [0.717, 1.165) is 25.2 Å². The molecule has 0 N–H and O–H groups in total. The Morgan fingerprint density at radius 2 is 2.00 bits per heavy atom. The van der Waals surface area contributed by atoms with Gasteiger partial charge in [0.2, 0.25) is 15.0 Å². The van der Waals surface area contributed by atoms with Gasteiger partial charge in [-0.15, -0.1) is 0 Å². The van der Waals surface area contributed by atoms with E-state index in [1.807, 2.05) is 22.8 Å². The van der Waals surface area contributed by atoms with Crippen molar-refractivity contribution in [2.45, 2.75) is 50.5 Å². The van der Waals surface area contributed by atoms with Crippen LogP contribution in [-0.2, 0) is 29.3 Å². The first-order chi connectivity index (χ1) is 13.4. The predicted molar refractivity (Wildman–Crippen MR) is 112 cm³/mol. The molecule has 1 aliphatic rings. The van der Waals surface area contributed by atoms with Gasteiger partial charge in [-0.25, -0.2) is 13.4 Å². The van der Waals surface area contributed by atoms with Gasteiger partial charge >= 0.3 is 0 Å². The number of aryl methyl sites for hydroxylation is 1. The lowest BCUT2D eigenvalue weighted by molar-refractivity contribution is 0.212. The number of rotatable bonds is 9. The molecule has 1 aromatic carbocycles. The van der Waals surface area contributed by atoms with Crippen LogP contribution in [0.3, 0.4) is 0 Å². The fourth-order valence-corrected chi connectivity index (χ4v) is 4.95. The van der Waals surface area contributed by atoms with Gasteiger partial charge in [0.05, 0.1) is 17.6 Å². The third-order valence-electron chi connectivity index (χ3n) is 5.65. The number of sulfone groups is 1. The number of likely N-dealkylation sites (N-methyl/N-ethyl adjacent to an activating group) is 2. The van der Waals surface area contributed by atoms with Crippen molar-refractivity contribution in [3.05, 3.63) is 47.8 Å². The molecule has 0 aliphatic carbocycles. The van der Waals surface area contributed by atoms with Gasteiger partial charge in [0.15, 0.2) is 0 Å². The Labute approximate surface area is 169 Å².